The maximum absolute atomic E-state index is 9.12. The Balaban J connectivity index is 1.89. The van der Waals surface area contributed by atoms with E-state index in [-0.39, 0.29) is 0 Å². The zero-order valence-corrected chi connectivity index (χ0v) is 8.84. The molecule has 0 spiro atoms. The van der Waals surface area contributed by atoms with E-state index in [1.54, 1.807) is 12.4 Å². The number of nitrogens with zero attached hydrogens (tertiary/aromatic N) is 3. The van der Waals surface area contributed by atoms with Gasteiger partial charge >= 0.3 is 0 Å². The second-order valence-corrected chi connectivity index (χ2v) is 4.12. The summed E-state index contributed by atoms with van der Waals surface area (Å²) in [5.41, 5.74) is 1.01. The highest BCUT2D eigenvalue weighted by molar-refractivity contribution is 4.94. The van der Waals surface area contributed by atoms with Crippen LogP contribution in [-0.4, -0.2) is 39.7 Å². The molecule has 1 aliphatic heterocycles. The number of piperidine rings is 1. The van der Waals surface area contributed by atoms with Gasteiger partial charge in [0, 0.05) is 38.3 Å². The SMILES string of the molecule is OC[C@H]1CCCN(Cc2cnccn2)C1. The van der Waals surface area contributed by atoms with Crippen LogP contribution in [0.4, 0.5) is 0 Å². The van der Waals surface area contributed by atoms with E-state index >= 15 is 0 Å². The summed E-state index contributed by atoms with van der Waals surface area (Å²) >= 11 is 0. The van der Waals surface area contributed by atoms with E-state index in [1.165, 1.54) is 6.42 Å². The molecule has 0 aromatic carbocycles. The number of aliphatic hydroxyl groups excluding tert-OH is 1. The quantitative estimate of drug-likeness (QED) is 0.792. The second kappa shape index (κ2) is 5.19. The number of hydrogen-bond acceptors (Lipinski definition) is 4. The van der Waals surface area contributed by atoms with Crippen molar-refractivity contribution in [2.24, 2.45) is 5.92 Å². The summed E-state index contributed by atoms with van der Waals surface area (Å²) in [6.07, 6.45) is 7.54. The number of aromatic nitrogens is 2. The highest BCUT2D eigenvalue weighted by Gasteiger charge is 2.19. The third-order valence-electron chi connectivity index (χ3n) is 2.86. The fourth-order valence-corrected chi connectivity index (χ4v) is 2.08. The molecule has 4 heteroatoms. The Kier molecular flexibility index (Phi) is 3.64. The molecular formula is C11H17N3O. The zero-order valence-electron chi connectivity index (χ0n) is 8.84. The average Bonchev–Trinajstić information content (AvgIpc) is 2.31. The van der Waals surface area contributed by atoms with Gasteiger partial charge < -0.3 is 5.11 Å². The molecule has 1 aromatic rings. The van der Waals surface area contributed by atoms with Gasteiger partial charge in [0.15, 0.2) is 0 Å². The summed E-state index contributed by atoms with van der Waals surface area (Å²) < 4.78 is 0. The maximum atomic E-state index is 9.12. The first-order valence-electron chi connectivity index (χ1n) is 5.46. The Labute approximate surface area is 90.0 Å². The van der Waals surface area contributed by atoms with E-state index in [2.05, 4.69) is 14.9 Å². The Bertz CT molecular complexity index is 291. The Hall–Kier alpha value is -1.00. The largest absolute Gasteiger partial charge is 0.396 e. The van der Waals surface area contributed by atoms with Crippen molar-refractivity contribution in [3.05, 3.63) is 24.3 Å². The van der Waals surface area contributed by atoms with Crippen molar-refractivity contribution in [3.63, 3.8) is 0 Å². The minimum atomic E-state index is 0.303. The van der Waals surface area contributed by atoms with Gasteiger partial charge in [-0.1, -0.05) is 0 Å². The molecule has 1 aliphatic rings. The molecule has 4 nitrogen and oxygen atoms in total. The van der Waals surface area contributed by atoms with Gasteiger partial charge in [-0.05, 0) is 25.3 Å². The third kappa shape index (κ3) is 2.97. The molecule has 2 heterocycles. The molecular weight excluding hydrogens is 190 g/mol. The lowest BCUT2D eigenvalue weighted by atomic mass is 9.99. The van der Waals surface area contributed by atoms with Crippen LogP contribution in [0, 0.1) is 5.92 Å². The molecule has 0 bridgehead atoms. The summed E-state index contributed by atoms with van der Waals surface area (Å²) in [5.74, 6) is 0.440. The number of aliphatic hydroxyl groups is 1. The Morgan fingerprint density at radius 3 is 3.13 bits per heavy atom. The molecule has 82 valence electrons. The van der Waals surface area contributed by atoms with Gasteiger partial charge in [0.05, 0.1) is 5.69 Å². The lowest BCUT2D eigenvalue weighted by Crippen LogP contribution is -2.36. The summed E-state index contributed by atoms with van der Waals surface area (Å²) in [5, 5.41) is 9.12. The Morgan fingerprint density at radius 2 is 2.40 bits per heavy atom. The molecule has 1 fully saturated rings. The standard InChI is InChI=1S/C11H17N3O/c15-9-10-2-1-5-14(7-10)8-11-6-12-3-4-13-11/h3-4,6,10,15H,1-2,5,7-9H2/t10-/m0/s1. The van der Waals surface area contributed by atoms with Gasteiger partial charge in [-0.3, -0.25) is 14.9 Å². The molecule has 1 N–H and O–H groups in total. The van der Waals surface area contributed by atoms with Gasteiger partial charge in [-0.2, -0.15) is 0 Å². The molecule has 2 rings (SSSR count). The number of likely N-dealkylation sites (tertiary alicyclic amines) is 1. The molecule has 15 heavy (non-hydrogen) atoms. The molecule has 0 radical (unpaired) electrons. The summed E-state index contributed by atoms with van der Waals surface area (Å²) in [7, 11) is 0. The van der Waals surface area contributed by atoms with Crippen molar-refractivity contribution in [2.75, 3.05) is 19.7 Å². The van der Waals surface area contributed by atoms with Crippen molar-refractivity contribution in [1.29, 1.82) is 0 Å². The predicted molar refractivity (Wildman–Crippen MR) is 57.1 cm³/mol. The first kappa shape index (κ1) is 10.5. The highest BCUT2D eigenvalue weighted by Crippen LogP contribution is 2.16. The summed E-state index contributed by atoms with van der Waals surface area (Å²) in [6, 6.07) is 0. The van der Waals surface area contributed by atoms with Crippen LogP contribution in [0.2, 0.25) is 0 Å². The van der Waals surface area contributed by atoms with Crippen molar-refractivity contribution in [2.45, 2.75) is 19.4 Å². The topological polar surface area (TPSA) is 49.2 Å². The van der Waals surface area contributed by atoms with Gasteiger partial charge in [-0.15, -0.1) is 0 Å². The Morgan fingerprint density at radius 1 is 1.47 bits per heavy atom. The molecule has 0 amide bonds. The third-order valence-corrected chi connectivity index (χ3v) is 2.86. The fraction of sp³-hybridized carbons (Fsp3) is 0.636. The van der Waals surface area contributed by atoms with E-state index in [4.69, 9.17) is 5.11 Å². The molecule has 0 unspecified atom stereocenters. The van der Waals surface area contributed by atoms with Crippen LogP contribution >= 0.6 is 0 Å². The average molecular weight is 207 g/mol. The lowest BCUT2D eigenvalue weighted by molar-refractivity contribution is 0.115. The van der Waals surface area contributed by atoms with Gasteiger partial charge in [-0.25, -0.2) is 0 Å². The van der Waals surface area contributed by atoms with Crippen LogP contribution in [0.5, 0.6) is 0 Å². The minimum Gasteiger partial charge on any atom is -0.396 e. The van der Waals surface area contributed by atoms with Gasteiger partial charge in [0.2, 0.25) is 0 Å². The van der Waals surface area contributed by atoms with Crippen LogP contribution in [0.3, 0.4) is 0 Å². The smallest absolute Gasteiger partial charge is 0.0726 e. The van der Waals surface area contributed by atoms with E-state index in [0.717, 1.165) is 31.7 Å². The fourth-order valence-electron chi connectivity index (χ4n) is 2.08. The number of hydrogen-bond donors (Lipinski definition) is 1. The van der Waals surface area contributed by atoms with Gasteiger partial charge in [0.25, 0.3) is 0 Å². The van der Waals surface area contributed by atoms with E-state index < -0.39 is 0 Å². The normalized spacial score (nSPS) is 22.9. The molecule has 1 aromatic heterocycles. The van der Waals surface area contributed by atoms with Crippen LogP contribution in [0.1, 0.15) is 18.5 Å². The van der Waals surface area contributed by atoms with Crippen LogP contribution < -0.4 is 0 Å². The highest BCUT2D eigenvalue weighted by atomic mass is 16.3. The molecule has 1 atom stereocenters. The lowest BCUT2D eigenvalue weighted by Gasteiger charge is -2.31. The first-order chi connectivity index (χ1) is 7.38. The molecule has 0 saturated carbocycles. The maximum Gasteiger partial charge on any atom is 0.0726 e. The van der Waals surface area contributed by atoms with Crippen molar-refractivity contribution in [3.8, 4) is 0 Å². The van der Waals surface area contributed by atoms with Crippen molar-refractivity contribution < 1.29 is 5.11 Å². The summed E-state index contributed by atoms with van der Waals surface area (Å²) in [4.78, 5) is 10.6. The molecule has 1 saturated heterocycles. The van der Waals surface area contributed by atoms with E-state index in [0.29, 0.717) is 12.5 Å². The minimum absolute atomic E-state index is 0.303. The van der Waals surface area contributed by atoms with E-state index in [1.807, 2.05) is 6.20 Å². The van der Waals surface area contributed by atoms with Crippen LogP contribution in [-0.2, 0) is 6.54 Å². The van der Waals surface area contributed by atoms with Crippen molar-refractivity contribution >= 4 is 0 Å². The van der Waals surface area contributed by atoms with Crippen molar-refractivity contribution in [1.82, 2.24) is 14.9 Å². The zero-order chi connectivity index (χ0) is 10.5. The van der Waals surface area contributed by atoms with Gasteiger partial charge in [0.1, 0.15) is 0 Å². The predicted octanol–water partition coefficient (Wildman–Crippen LogP) is 0.681. The second-order valence-electron chi connectivity index (χ2n) is 4.12. The molecule has 0 aliphatic carbocycles. The number of rotatable bonds is 3. The van der Waals surface area contributed by atoms with Crippen LogP contribution in [0.25, 0.3) is 0 Å². The van der Waals surface area contributed by atoms with Crippen LogP contribution in [0.15, 0.2) is 18.6 Å². The van der Waals surface area contributed by atoms with E-state index in [9.17, 15) is 0 Å². The first-order valence-corrected chi connectivity index (χ1v) is 5.46. The summed E-state index contributed by atoms with van der Waals surface area (Å²) in [6.45, 7) is 3.24. The monoisotopic (exact) mass is 207 g/mol.